The lowest BCUT2D eigenvalue weighted by atomic mass is 9.84. The molecule has 1 saturated carbocycles. The van der Waals surface area contributed by atoms with Crippen molar-refractivity contribution in [3.63, 3.8) is 0 Å². The van der Waals surface area contributed by atoms with Crippen LogP contribution in [0.25, 0.3) is 0 Å². The quantitative estimate of drug-likeness (QED) is 0.591. The lowest BCUT2D eigenvalue weighted by molar-refractivity contribution is -0.134. The molecule has 3 heterocycles. The van der Waals surface area contributed by atoms with Gasteiger partial charge in [-0.2, -0.15) is 18.3 Å². The Morgan fingerprint density at radius 1 is 1.11 bits per heavy atom. The van der Waals surface area contributed by atoms with Gasteiger partial charge < -0.3 is 10.2 Å². The van der Waals surface area contributed by atoms with Gasteiger partial charge in [-0.05, 0) is 76.0 Å². The first-order valence-electron chi connectivity index (χ1n) is 13.1. The molecule has 0 unspecified atom stereocenters. The van der Waals surface area contributed by atoms with Crippen LogP contribution in [0.5, 0.6) is 0 Å². The number of nitrogens with one attached hydrogen (secondary N) is 1. The predicted octanol–water partition coefficient (Wildman–Crippen LogP) is 3.72. The number of fused-ring (bicyclic) bond motifs is 1. The van der Waals surface area contributed by atoms with Crippen LogP contribution >= 0.6 is 0 Å². The molecule has 0 saturated heterocycles. The summed E-state index contributed by atoms with van der Waals surface area (Å²) >= 11 is 0. The lowest BCUT2D eigenvalue weighted by Crippen LogP contribution is -2.39. The van der Waals surface area contributed by atoms with E-state index in [1.807, 2.05) is 20.0 Å². The molecule has 1 fully saturated rings. The van der Waals surface area contributed by atoms with Crippen LogP contribution in [-0.2, 0) is 37.5 Å². The maximum atomic E-state index is 12.5. The molecule has 1 aliphatic carbocycles. The van der Waals surface area contributed by atoms with E-state index in [1.54, 1.807) is 10.7 Å². The van der Waals surface area contributed by atoms with Crippen LogP contribution in [0.15, 0.2) is 12.1 Å². The van der Waals surface area contributed by atoms with E-state index in [0.29, 0.717) is 17.4 Å². The van der Waals surface area contributed by atoms with Gasteiger partial charge in [-0.1, -0.05) is 6.07 Å². The highest BCUT2D eigenvalue weighted by Gasteiger charge is 2.27. The van der Waals surface area contributed by atoms with Crippen molar-refractivity contribution in [1.29, 1.82) is 0 Å². The van der Waals surface area contributed by atoms with Crippen LogP contribution in [0.1, 0.15) is 67.1 Å². The van der Waals surface area contributed by atoms with Gasteiger partial charge in [0.15, 0.2) is 5.82 Å². The van der Waals surface area contributed by atoms with Gasteiger partial charge in [-0.25, -0.2) is 4.98 Å². The number of halogens is 3. The highest BCUT2D eigenvalue weighted by Crippen LogP contribution is 2.28. The Labute approximate surface area is 210 Å². The molecule has 2 aromatic heterocycles. The zero-order chi connectivity index (χ0) is 25.7. The molecule has 2 aromatic rings. The molecule has 10 heteroatoms. The molecular weight excluding hydrogens is 469 g/mol. The van der Waals surface area contributed by atoms with Crippen LogP contribution in [-0.4, -0.2) is 62.4 Å². The first-order valence-corrected chi connectivity index (χ1v) is 13.1. The third-order valence-corrected chi connectivity index (χ3v) is 7.56. The summed E-state index contributed by atoms with van der Waals surface area (Å²) in [6.45, 7) is 4.76. The molecule has 0 aromatic carbocycles. The van der Waals surface area contributed by atoms with E-state index in [-0.39, 0.29) is 24.8 Å². The summed E-state index contributed by atoms with van der Waals surface area (Å²) in [5, 5.41) is 7.41. The maximum Gasteiger partial charge on any atom is 0.389 e. The van der Waals surface area contributed by atoms with E-state index in [0.717, 1.165) is 76.1 Å². The zero-order valence-electron chi connectivity index (χ0n) is 21.3. The summed E-state index contributed by atoms with van der Waals surface area (Å²) in [5.74, 6) is 2.02. The molecule has 7 nitrogen and oxygen atoms in total. The van der Waals surface area contributed by atoms with Crippen molar-refractivity contribution < 1.29 is 18.0 Å². The number of aryl methyl sites for hydroxylation is 3. The fourth-order valence-corrected chi connectivity index (χ4v) is 5.29. The van der Waals surface area contributed by atoms with Crippen LogP contribution in [0, 0.1) is 12.8 Å². The highest BCUT2D eigenvalue weighted by molar-refractivity contribution is 5.78. The summed E-state index contributed by atoms with van der Waals surface area (Å²) in [7, 11) is 1.82. The zero-order valence-corrected chi connectivity index (χ0v) is 21.3. The van der Waals surface area contributed by atoms with Gasteiger partial charge in [0.2, 0.25) is 5.91 Å². The van der Waals surface area contributed by atoms with Gasteiger partial charge >= 0.3 is 6.18 Å². The summed E-state index contributed by atoms with van der Waals surface area (Å²) in [4.78, 5) is 23.7. The van der Waals surface area contributed by atoms with Crippen molar-refractivity contribution in [1.82, 2.24) is 30.0 Å². The van der Waals surface area contributed by atoms with E-state index in [9.17, 15) is 18.0 Å². The minimum absolute atomic E-state index is 0.0108. The summed E-state index contributed by atoms with van der Waals surface area (Å²) in [6, 6.07) is 3.95. The second-order valence-electron chi connectivity index (χ2n) is 10.3. The number of amides is 1. The topological polar surface area (TPSA) is 75.9 Å². The van der Waals surface area contributed by atoms with Crippen LogP contribution in [0.2, 0.25) is 0 Å². The standard InChI is InChI=1S/C26H37F3N6O/c1-18-30-24(33-34(18)2)17-25(36)32-21-6-3-19(4-7-21)10-14-35-15-11-20-5-8-22(9-13-26(27,28)29)31-23(20)12-16-35/h5,8,19,21H,3-4,6-7,9-17H2,1-2H3,(H,32,36)/t19-,21-. The smallest absolute Gasteiger partial charge is 0.353 e. The van der Waals surface area contributed by atoms with Gasteiger partial charge in [0.05, 0.1) is 6.42 Å². The molecule has 1 aliphatic heterocycles. The molecule has 36 heavy (non-hydrogen) atoms. The lowest BCUT2D eigenvalue weighted by Gasteiger charge is -2.30. The average molecular weight is 507 g/mol. The van der Waals surface area contributed by atoms with E-state index < -0.39 is 12.6 Å². The maximum absolute atomic E-state index is 12.5. The number of pyridine rings is 1. The molecule has 198 valence electrons. The summed E-state index contributed by atoms with van der Waals surface area (Å²) in [5.41, 5.74) is 2.67. The Kier molecular flexibility index (Phi) is 8.64. The van der Waals surface area contributed by atoms with Crippen LogP contribution < -0.4 is 5.32 Å². The highest BCUT2D eigenvalue weighted by atomic mass is 19.4. The fourth-order valence-electron chi connectivity index (χ4n) is 5.29. The Morgan fingerprint density at radius 2 is 1.86 bits per heavy atom. The monoisotopic (exact) mass is 506 g/mol. The largest absolute Gasteiger partial charge is 0.389 e. The fraction of sp³-hybridized carbons (Fsp3) is 0.692. The number of aromatic nitrogens is 4. The number of carbonyl (C=O) groups is 1. The van der Waals surface area contributed by atoms with Gasteiger partial charge in [0.25, 0.3) is 0 Å². The summed E-state index contributed by atoms with van der Waals surface area (Å²) < 4.78 is 39.3. The molecular formula is C26H37F3N6O. The minimum Gasteiger partial charge on any atom is -0.353 e. The third-order valence-electron chi connectivity index (χ3n) is 7.56. The van der Waals surface area contributed by atoms with E-state index in [4.69, 9.17) is 0 Å². The summed E-state index contributed by atoms with van der Waals surface area (Å²) in [6.07, 6.45) is 2.25. The number of carbonyl (C=O) groups excluding carboxylic acids is 1. The van der Waals surface area contributed by atoms with Crippen molar-refractivity contribution in [3.8, 4) is 0 Å². The molecule has 0 bridgehead atoms. The van der Waals surface area contributed by atoms with E-state index in [1.165, 1.54) is 5.56 Å². The number of alkyl halides is 3. The molecule has 2 aliphatic rings. The van der Waals surface area contributed by atoms with Crippen LogP contribution in [0.3, 0.4) is 0 Å². The number of nitrogens with zero attached hydrogens (tertiary/aromatic N) is 5. The molecule has 4 rings (SSSR count). The van der Waals surface area contributed by atoms with E-state index in [2.05, 4.69) is 25.3 Å². The molecule has 0 atom stereocenters. The van der Waals surface area contributed by atoms with Gasteiger partial charge in [-0.15, -0.1) is 0 Å². The van der Waals surface area contributed by atoms with Gasteiger partial charge in [-0.3, -0.25) is 14.5 Å². The molecule has 0 spiro atoms. The van der Waals surface area contributed by atoms with Crippen molar-refractivity contribution in [2.45, 2.75) is 83.4 Å². The molecule has 0 radical (unpaired) electrons. The van der Waals surface area contributed by atoms with Gasteiger partial charge in [0, 0.05) is 50.4 Å². The number of rotatable bonds is 8. The predicted molar refractivity (Wildman–Crippen MR) is 130 cm³/mol. The van der Waals surface area contributed by atoms with Crippen molar-refractivity contribution in [2.75, 3.05) is 19.6 Å². The average Bonchev–Trinajstić information content (AvgIpc) is 3.01. The van der Waals surface area contributed by atoms with Crippen molar-refractivity contribution in [3.05, 3.63) is 40.7 Å². The second-order valence-corrected chi connectivity index (χ2v) is 10.3. The normalized spacial score (nSPS) is 21.1. The minimum atomic E-state index is -4.15. The SMILES string of the molecule is Cc1nc(CC(=O)N[C@H]2CC[C@H](CCN3CCc4ccc(CCC(F)(F)F)nc4CC3)CC2)nn1C. The Balaban J connectivity index is 1.16. The van der Waals surface area contributed by atoms with Gasteiger partial charge in [0.1, 0.15) is 5.82 Å². The molecule has 1 N–H and O–H groups in total. The number of hydrogen-bond donors (Lipinski definition) is 1. The second kappa shape index (κ2) is 11.7. The van der Waals surface area contributed by atoms with Crippen molar-refractivity contribution >= 4 is 5.91 Å². The number of hydrogen-bond acceptors (Lipinski definition) is 5. The molecule has 1 amide bonds. The third kappa shape index (κ3) is 7.75. The van der Waals surface area contributed by atoms with Crippen LogP contribution in [0.4, 0.5) is 13.2 Å². The first-order chi connectivity index (χ1) is 17.1. The Hall–Kier alpha value is -2.49. The first kappa shape index (κ1) is 26.6. The Morgan fingerprint density at radius 3 is 2.56 bits per heavy atom. The van der Waals surface area contributed by atoms with E-state index >= 15 is 0 Å². The Bertz CT molecular complexity index is 1010. The van der Waals surface area contributed by atoms with Crippen molar-refractivity contribution in [2.24, 2.45) is 13.0 Å².